The SMILES string of the molecule is CCNC(Cc1cccnc1N)c1cc(F)ccc1Br. The Kier molecular flexibility index (Phi) is 5.09. The minimum atomic E-state index is -0.245. The Labute approximate surface area is 126 Å². The van der Waals surface area contributed by atoms with Crippen LogP contribution in [0.2, 0.25) is 0 Å². The summed E-state index contributed by atoms with van der Waals surface area (Å²) in [5, 5.41) is 3.36. The monoisotopic (exact) mass is 337 g/mol. The molecule has 1 heterocycles. The molecule has 1 aromatic carbocycles. The number of pyridine rings is 1. The van der Waals surface area contributed by atoms with Crippen LogP contribution in [0.25, 0.3) is 0 Å². The first-order valence-electron chi connectivity index (χ1n) is 6.49. The molecule has 0 aliphatic heterocycles. The molecule has 0 bridgehead atoms. The van der Waals surface area contributed by atoms with Crippen molar-refractivity contribution < 1.29 is 4.39 Å². The summed E-state index contributed by atoms with van der Waals surface area (Å²) in [5.41, 5.74) is 7.72. The van der Waals surface area contributed by atoms with Gasteiger partial charge in [-0.05, 0) is 48.4 Å². The van der Waals surface area contributed by atoms with Crippen LogP contribution >= 0.6 is 15.9 Å². The quantitative estimate of drug-likeness (QED) is 0.878. The van der Waals surface area contributed by atoms with Crippen molar-refractivity contribution in [2.75, 3.05) is 12.3 Å². The first-order valence-corrected chi connectivity index (χ1v) is 7.28. The Morgan fingerprint density at radius 3 is 2.90 bits per heavy atom. The number of benzene rings is 1. The number of anilines is 1. The van der Waals surface area contributed by atoms with Crippen LogP contribution in [0.4, 0.5) is 10.2 Å². The fourth-order valence-electron chi connectivity index (χ4n) is 2.16. The minimum Gasteiger partial charge on any atom is -0.383 e. The average Bonchev–Trinajstić information content (AvgIpc) is 2.43. The third-order valence-corrected chi connectivity index (χ3v) is 3.86. The van der Waals surface area contributed by atoms with E-state index < -0.39 is 0 Å². The van der Waals surface area contributed by atoms with E-state index >= 15 is 0 Å². The summed E-state index contributed by atoms with van der Waals surface area (Å²) in [6.07, 6.45) is 2.33. The summed E-state index contributed by atoms with van der Waals surface area (Å²) < 4.78 is 14.4. The molecule has 106 valence electrons. The van der Waals surface area contributed by atoms with Crippen molar-refractivity contribution in [1.82, 2.24) is 10.3 Å². The first kappa shape index (κ1) is 14.9. The van der Waals surface area contributed by atoms with Gasteiger partial charge in [0.25, 0.3) is 0 Å². The van der Waals surface area contributed by atoms with Crippen molar-refractivity contribution in [2.24, 2.45) is 0 Å². The molecular formula is C15H17BrFN3. The number of nitrogens with one attached hydrogen (secondary N) is 1. The highest BCUT2D eigenvalue weighted by Gasteiger charge is 2.16. The number of nitrogen functional groups attached to an aromatic ring is 1. The Hall–Kier alpha value is -1.46. The zero-order chi connectivity index (χ0) is 14.5. The lowest BCUT2D eigenvalue weighted by Gasteiger charge is -2.20. The largest absolute Gasteiger partial charge is 0.383 e. The van der Waals surface area contributed by atoms with Crippen molar-refractivity contribution in [3.8, 4) is 0 Å². The molecule has 0 amide bonds. The number of hydrogen-bond acceptors (Lipinski definition) is 3. The molecule has 5 heteroatoms. The van der Waals surface area contributed by atoms with Crippen LogP contribution in [0.5, 0.6) is 0 Å². The molecule has 0 radical (unpaired) electrons. The van der Waals surface area contributed by atoms with E-state index in [1.165, 1.54) is 6.07 Å². The molecule has 2 rings (SSSR count). The van der Waals surface area contributed by atoms with Gasteiger partial charge in [-0.1, -0.05) is 28.9 Å². The number of rotatable bonds is 5. The smallest absolute Gasteiger partial charge is 0.126 e. The standard InChI is InChI=1S/C15H17BrFN3/c1-2-19-14(8-10-4-3-7-20-15(10)18)12-9-11(17)5-6-13(12)16/h3-7,9,14,19H,2,8H2,1H3,(H2,18,20). The van der Waals surface area contributed by atoms with Gasteiger partial charge in [0.1, 0.15) is 11.6 Å². The summed E-state index contributed by atoms with van der Waals surface area (Å²) in [7, 11) is 0. The normalized spacial score (nSPS) is 12.3. The molecule has 1 aromatic heterocycles. The third kappa shape index (κ3) is 3.55. The summed E-state index contributed by atoms with van der Waals surface area (Å²) in [4.78, 5) is 4.09. The van der Waals surface area contributed by atoms with E-state index in [1.807, 2.05) is 19.1 Å². The van der Waals surface area contributed by atoms with Gasteiger partial charge in [-0.2, -0.15) is 0 Å². The lowest BCUT2D eigenvalue weighted by molar-refractivity contribution is 0.540. The van der Waals surface area contributed by atoms with Crippen LogP contribution in [-0.4, -0.2) is 11.5 Å². The first-order chi connectivity index (χ1) is 9.61. The van der Waals surface area contributed by atoms with Gasteiger partial charge in [0, 0.05) is 16.7 Å². The van der Waals surface area contributed by atoms with Gasteiger partial charge in [-0.15, -0.1) is 0 Å². The predicted molar refractivity (Wildman–Crippen MR) is 82.9 cm³/mol. The average molecular weight is 338 g/mol. The van der Waals surface area contributed by atoms with E-state index in [1.54, 1.807) is 18.3 Å². The topological polar surface area (TPSA) is 50.9 Å². The number of likely N-dealkylation sites (N-methyl/N-ethyl adjacent to an activating group) is 1. The molecule has 1 atom stereocenters. The second-order valence-corrected chi connectivity index (χ2v) is 5.38. The van der Waals surface area contributed by atoms with Gasteiger partial charge in [0.2, 0.25) is 0 Å². The second kappa shape index (κ2) is 6.81. The van der Waals surface area contributed by atoms with Crippen LogP contribution in [0.3, 0.4) is 0 Å². The maximum absolute atomic E-state index is 13.5. The summed E-state index contributed by atoms with van der Waals surface area (Å²) in [6, 6.07) is 8.49. The Bertz CT molecular complexity index is 589. The van der Waals surface area contributed by atoms with Crippen molar-refractivity contribution >= 4 is 21.7 Å². The molecule has 0 fully saturated rings. The molecule has 0 spiro atoms. The Balaban J connectivity index is 2.32. The van der Waals surface area contributed by atoms with Crippen molar-refractivity contribution in [3.05, 3.63) is 57.9 Å². The van der Waals surface area contributed by atoms with E-state index in [0.717, 1.165) is 22.1 Å². The zero-order valence-corrected chi connectivity index (χ0v) is 12.8. The lowest BCUT2D eigenvalue weighted by Crippen LogP contribution is -2.24. The number of aromatic nitrogens is 1. The van der Waals surface area contributed by atoms with Crippen molar-refractivity contribution in [2.45, 2.75) is 19.4 Å². The number of hydrogen-bond donors (Lipinski definition) is 2. The summed E-state index contributed by atoms with van der Waals surface area (Å²) >= 11 is 3.48. The molecule has 3 N–H and O–H groups in total. The van der Waals surface area contributed by atoms with Crippen LogP contribution in [-0.2, 0) is 6.42 Å². The van der Waals surface area contributed by atoms with E-state index in [2.05, 4.69) is 26.2 Å². The number of halogens is 2. The van der Waals surface area contributed by atoms with Gasteiger partial charge in [-0.3, -0.25) is 0 Å². The van der Waals surface area contributed by atoms with Crippen LogP contribution in [0.15, 0.2) is 41.0 Å². The number of nitrogens with two attached hydrogens (primary N) is 1. The summed E-state index contributed by atoms with van der Waals surface area (Å²) in [5.74, 6) is 0.271. The predicted octanol–water partition coefficient (Wildman–Crippen LogP) is 3.46. The van der Waals surface area contributed by atoms with Gasteiger partial charge >= 0.3 is 0 Å². The molecule has 0 saturated carbocycles. The van der Waals surface area contributed by atoms with Crippen LogP contribution in [0, 0.1) is 5.82 Å². The molecule has 1 unspecified atom stereocenters. The van der Waals surface area contributed by atoms with E-state index in [4.69, 9.17) is 5.73 Å². The molecule has 0 aliphatic rings. The molecular weight excluding hydrogens is 321 g/mol. The molecule has 3 nitrogen and oxygen atoms in total. The van der Waals surface area contributed by atoms with E-state index in [0.29, 0.717) is 12.2 Å². The van der Waals surface area contributed by atoms with Crippen molar-refractivity contribution in [3.63, 3.8) is 0 Å². The lowest BCUT2D eigenvalue weighted by atomic mass is 9.99. The highest BCUT2D eigenvalue weighted by Crippen LogP contribution is 2.28. The second-order valence-electron chi connectivity index (χ2n) is 4.53. The highest BCUT2D eigenvalue weighted by atomic mass is 79.9. The molecule has 2 aromatic rings. The van der Waals surface area contributed by atoms with Crippen LogP contribution in [0.1, 0.15) is 24.1 Å². The minimum absolute atomic E-state index is 0.0171. The Morgan fingerprint density at radius 1 is 1.40 bits per heavy atom. The maximum Gasteiger partial charge on any atom is 0.126 e. The van der Waals surface area contributed by atoms with Gasteiger partial charge in [0.15, 0.2) is 0 Å². The van der Waals surface area contributed by atoms with Gasteiger partial charge in [0.05, 0.1) is 0 Å². The third-order valence-electron chi connectivity index (χ3n) is 3.13. The molecule has 0 saturated heterocycles. The van der Waals surface area contributed by atoms with E-state index in [9.17, 15) is 4.39 Å². The van der Waals surface area contributed by atoms with Crippen molar-refractivity contribution in [1.29, 1.82) is 0 Å². The number of nitrogens with zero attached hydrogens (tertiary/aromatic N) is 1. The van der Waals surface area contributed by atoms with Gasteiger partial charge < -0.3 is 11.1 Å². The van der Waals surface area contributed by atoms with E-state index in [-0.39, 0.29) is 11.9 Å². The fraction of sp³-hybridized carbons (Fsp3) is 0.267. The van der Waals surface area contributed by atoms with Gasteiger partial charge in [-0.25, -0.2) is 9.37 Å². The molecule has 20 heavy (non-hydrogen) atoms. The van der Waals surface area contributed by atoms with Crippen LogP contribution < -0.4 is 11.1 Å². The highest BCUT2D eigenvalue weighted by molar-refractivity contribution is 9.10. The fourth-order valence-corrected chi connectivity index (χ4v) is 2.69. The summed E-state index contributed by atoms with van der Waals surface area (Å²) in [6.45, 7) is 2.81. The zero-order valence-electron chi connectivity index (χ0n) is 11.2. The Morgan fingerprint density at radius 2 is 2.20 bits per heavy atom. The maximum atomic E-state index is 13.5. The molecule has 0 aliphatic carbocycles.